The van der Waals surface area contributed by atoms with E-state index in [9.17, 15) is 5.11 Å². The monoisotopic (exact) mass is 372 g/mol. The van der Waals surface area contributed by atoms with Crippen LogP contribution in [0.25, 0.3) is 5.57 Å². The van der Waals surface area contributed by atoms with E-state index in [2.05, 4.69) is 46.4 Å². The van der Waals surface area contributed by atoms with Gasteiger partial charge in [-0.15, -0.1) is 0 Å². The molecule has 0 spiro atoms. The van der Waals surface area contributed by atoms with Crippen molar-refractivity contribution in [2.24, 2.45) is 0 Å². The van der Waals surface area contributed by atoms with Crippen molar-refractivity contribution in [3.05, 3.63) is 63.6 Å². The highest BCUT2D eigenvalue weighted by Crippen LogP contribution is 2.35. The van der Waals surface area contributed by atoms with E-state index in [0.717, 1.165) is 40.7 Å². The first-order valence-corrected chi connectivity index (χ1v) is 8.69. The second kappa shape index (κ2) is 6.77. The van der Waals surface area contributed by atoms with Crippen LogP contribution in [-0.2, 0) is 6.42 Å². The summed E-state index contributed by atoms with van der Waals surface area (Å²) in [6.45, 7) is 3.01. The SMILES string of the molecule is CCc1ccc(N)c(C2=CC(c3cc(Br)ccc3O)NCC2)c1. The van der Waals surface area contributed by atoms with Crippen molar-refractivity contribution in [1.29, 1.82) is 0 Å². The molecular formula is C19H21BrN2O. The molecule has 0 aliphatic carbocycles. The van der Waals surface area contributed by atoms with Gasteiger partial charge < -0.3 is 16.2 Å². The number of nitrogens with one attached hydrogen (secondary N) is 1. The van der Waals surface area contributed by atoms with Crippen molar-refractivity contribution in [3.63, 3.8) is 0 Å². The quantitative estimate of drug-likeness (QED) is 0.699. The fourth-order valence-corrected chi connectivity index (χ4v) is 3.38. The number of aromatic hydroxyl groups is 1. The number of anilines is 1. The number of hydrogen-bond donors (Lipinski definition) is 3. The topological polar surface area (TPSA) is 58.3 Å². The van der Waals surface area contributed by atoms with Gasteiger partial charge in [-0.2, -0.15) is 0 Å². The number of nitrogens with two attached hydrogens (primary N) is 1. The second-order valence-corrected chi connectivity index (χ2v) is 6.77. The van der Waals surface area contributed by atoms with E-state index in [1.165, 1.54) is 11.1 Å². The minimum atomic E-state index is -0.0130. The molecule has 0 bridgehead atoms. The van der Waals surface area contributed by atoms with Crippen LogP contribution in [0.2, 0.25) is 0 Å². The fraction of sp³-hybridized carbons (Fsp3) is 0.263. The first-order chi connectivity index (χ1) is 11.1. The van der Waals surface area contributed by atoms with E-state index in [1.54, 1.807) is 6.07 Å². The van der Waals surface area contributed by atoms with Crippen molar-refractivity contribution in [2.45, 2.75) is 25.8 Å². The Balaban J connectivity index is 2.01. The third-order valence-corrected chi connectivity index (χ3v) is 4.82. The van der Waals surface area contributed by atoms with Crippen molar-refractivity contribution < 1.29 is 5.11 Å². The third kappa shape index (κ3) is 3.43. The van der Waals surface area contributed by atoms with Gasteiger partial charge >= 0.3 is 0 Å². The molecule has 4 heteroatoms. The van der Waals surface area contributed by atoms with Gasteiger partial charge in [0.2, 0.25) is 0 Å². The van der Waals surface area contributed by atoms with E-state index in [0.29, 0.717) is 5.75 Å². The molecular weight excluding hydrogens is 352 g/mol. The molecule has 3 rings (SSSR count). The Morgan fingerprint density at radius 1 is 1.26 bits per heavy atom. The van der Waals surface area contributed by atoms with E-state index in [-0.39, 0.29) is 6.04 Å². The second-order valence-electron chi connectivity index (χ2n) is 5.85. The Hall–Kier alpha value is -1.78. The van der Waals surface area contributed by atoms with Gasteiger partial charge in [0.15, 0.2) is 0 Å². The number of aryl methyl sites for hydroxylation is 1. The van der Waals surface area contributed by atoms with Crippen LogP contribution in [0.1, 0.15) is 36.1 Å². The normalized spacial score (nSPS) is 17.8. The molecule has 0 saturated heterocycles. The lowest BCUT2D eigenvalue weighted by molar-refractivity contribution is 0.457. The van der Waals surface area contributed by atoms with Crippen LogP contribution in [0, 0.1) is 0 Å². The number of phenolic OH excluding ortho intramolecular Hbond substituents is 1. The van der Waals surface area contributed by atoms with Gasteiger partial charge in [-0.1, -0.05) is 35.0 Å². The summed E-state index contributed by atoms with van der Waals surface area (Å²) in [6, 6.07) is 11.8. The zero-order valence-electron chi connectivity index (χ0n) is 13.1. The highest BCUT2D eigenvalue weighted by atomic mass is 79.9. The molecule has 0 fully saturated rings. The van der Waals surface area contributed by atoms with Gasteiger partial charge in [0.25, 0.3) is 0 Å². The number of benzene rings is 2. The molecule has 0 saturated carbocycles. The number of phenols is 1. The van der Waals surface area contributed by atoms with Crippen LogP contribution in [0.5, 0.6) is 5.75 Å². The van der Waals surface area contributed by atoms with Crippen LogP contribution >= 0.6 is 15.9 Å². The lowest BCUT2D eigenvalue weighted by Crippen LogP contribution is -2.25. The summed E-state index contributed by atoms with van der Waals surface area (Å²) in [6.07, 6.45) is 4.10. The van der Waals surface area contributed by atoms with Crippen molar-refractivity contribution >= 4 is 27.2 Å². The highest BCUT2D eigenvalue weighted by Gasteiger charge is 2.19. The maximum atomic E-state index is 10.2. The number of nitrogen functional groups attached to an aromatic ring is 1. The van der Waals surface area contributed by atoms with Gasteiger partial charge in [0.1, 0.15) is 5.75 Å². The lowest BCUT2D eigenvalue weighted by atomic mass is 9.91. The standard InChI is InChI=1S/C19H21BrN2O/c1-2-12-3-5-17(21)15(9-12)13-7-8-22-18(10-13)16-11-14(20)4-6-19(16)23/h3-6,9-11,18,22-23H,2,7-8,21H2,1H3. The average molecular weight is 373 g/mol. The van der Waals surface area contributed by atoms with Crippen LogP contribution < -0.4 is 11.1 Å². The Bertz CT molecular complexity index is 755. The summed E-state index contributed by atoms with van der Waals surface area (Å²) in [7, 11) is 0. The summed E-state index contributed by atoms with van der Waals surface area (Å²) in [5.74, 6) is 0.304. The highest BCUT2D eigenvalue weighted by molar-refractivity contribution is 9.10. The third-order valence-electron chi connectivity index (χ3n) is 4.32. The fourth-order valence-electron chi connectivity index (χ4n) is 3.01. The van der Waals surface area contributed by atoms with Crippen molar-refractivity contribution in [2.75, 3.05) is 12.3 Å². The minimum absolute atomic E-state index is 0.0130. The largest absolute Gasteiger partial charge is 0.508 e. The summed E-state index contributed by atoms with van der Waals surface area (Å²) in [5.41, 5.74) is 11.5. The van der Waals surface area contributed by atoms with E-state index >= 15 is 0 Å². The first-order valence-electron chi connectivity index (χ1n) is 7.89. The van der Waals surface area contributed by atoms with E-state index < -0.39 is 0 Å². The Labute approximate surface area is 145 Å². The van der Waals surface area contributed by atoms with Crippen LogP contribution in [-0.4, -0.2) is 11.7 Å². The summed E-state index contributed by atoms with van der Waals surface area (Å²) in [4.78, 5) is 0. The Kier molecular flexibility index (Phi) is 4.74. The lowest BCUT2D eigenvalue weighted by Gasteiger charge is -2.25. The smallest absolute Gasteiger partial charge is 0.120 e. The van der Waals surface area contributed by atoms with Gasteiger partial charge in [-0.3, -0.25) is 0 Å². The summed E-state index contributed by atoms with van der Waals surface area (Å²) >= 11 is 3.47. The van der Waals surface area contributed by atoms with Crippen molar-refractivity contribution in [3.8, 4) is 5.75 Å². The van der Waals surface area contributed by atoms with Gasteiger partial charge in [0.05, 0.1) is 6.04 Å². The molecule has 0 amide bonds. The molecule has 1 heterocycles. The molecule has 2 aromatic carbocycles. The molecule has 4 N–H and O–H groups in total. The molecule has 1 aliphatic heterocycles. The molecule has 1 atom stereocenters. The van der Waals surface area contributed by atoms with E-state index in [4.69, 9.17) is 5.73 Å². The number of halogens is 1. The summed E-state index contributed by atoms with van der Waals surface area (Å²) < 4.78 is 0.958. The zero-order valence-corrected chi connectivity index (χ0v) is 14.7. The van der Waals surface area contributed by atoms with Crippen LogP contribution in [0.15, 0.2) is 46.9 Å². The number of hydrogen-bond acceptors (Lipinski definition) is 3. The first kappa shape index (κ1) is 16.1. The molecule has 0 radical (unpaired) electrons. The molecule has 23 heavy (non-hydrogen) atoms. The predicted octanol–water partition coefficient (Wildman–Crippen LogP) is 4.42. The maximum absolute atomic E-state index is 10.2. The predicted molar refractivity (Wildman–Crippen MR) is 99.4 cm³/mol. The molecule has 1 unspecified atom stereocenters. The van der Waals surface area contributed by atoms with Gasteiger partial charge in [-0.25, -0.2) is 0 Å². The van der Waals surface area contributed by atoms with Crippen LogP contribution in [0.4, 0.5) is 5.69 Å². The molecule has 1 aliphatic rings. The molecule has 0 aromatic heterocycles. The maximum Gasteiger partial charge on any atom is 0.120 e. The Morgan fingerprint density at radius 3 is 2.87 bits per heavy atom. The Morgan fingerprint density at radius 2 is 2.09 bits per heavy atom. The van der Waals surface area contributed by atoms with Crippen LogP contribution in [0.3, 0.4) is 0 Å². The zero-order chi connectivity index (χ0) is 16.4. The molecule has 2 aromatic rings. The minimum Gasteiger partial charge on any atom is -0.508 e. The average Bonchev–Trinajstić information content (AvgIpc) is 2.57. The van der Waals surface area contributed by atoms with E-state index in [1.807, 2.05) is 18.2 Å². The van der Waals surface area contributed by atoms with Crippen molar-refractivity contribution in [1.82, 2.24) is 5.32 Å². The number of rotatable bonds is 3. The summed E-state index contributed by atoms with van der Waals surface area (Å²) in [5, 5.41) is 13.6. The molecule has 120 valence electrons. The molecule has 3 nitrogen and oxygen atoms in total. The van der Waals surface area contributed by atoms with Gasteiger partial charge in [0, 0.05) is 27.8 Å². The van der Waals surface area contributed by atoms with Gasteiger partial charge in [-0.05, 0) is 54.3 Å².